The number of carbonyl (C=O) groups excluding carboxylic acids is 1. The first kappa shape index (κ1) is 18.7. The number of methoxy groups -OCH3 is 2. The van der Waals surface area contributed by atoms with E-state index in [1.165, 1.54) is 12.0 Å². The van der Waals surface area contributed by atoms with Crippen LogP contribution in [0.15, 0.2) is 35.7 Å². The van der Waals surface area contributed by atoms with Gasteiger partial charge < -0.3 is 19.5 Å². The molecule has 6 nitrogen and oxygen atoms in total. The third-order valence-electron chi connectivity index (χ3n) is 4.46. The Hall–Kier alpha value is -2.09. The number of para-hydroxylation sites is 1. The highest BCUT2D eigenvalue weighted by Gasteiger charge is 2.25. The Labute approximate surface area is 157 Å². The Morgan fingerprint density at radius 2 is 2.04 bits per heavy atom. The van der Waals surface area contributed by atoms with Gasteiger partial charge in [0.1, 0.15) is 0 Å². The number of rotatable bonds is 7. The van der Waals surface area contributed by atoms with Crippen LogP contribution in [0, 0.1) is 0 Å². The highest BCUT2D eigenvalue weighted by molar-refractivity contribution is 7.10. The molecule has 26 heavy (non-hydrogen) atoms. The number of nitrogens with one attached hydrogen (secondary N) is 1. The summed E-state index contributed by atoms with van der Waals surface area (Å²) in [6.45, 7) is 3.70. The van der Waals surface area contributed by atoms with Gasteiger partial charge in [0, 0.05) is 24.5 Å². The highest BCUT2D eigenvalue weighted by Crippen LogP contribution is 2.31. The lowest BCUT2D eigenvalue weighted by molar-refractivity contribution is 0.0169. The van der Waals surface area contributed by atoms with Gasteiger partial charge in [-0.2, -0.15) is 0 Å². The molecular formula is C19H24N2O4S. The molecule has 140 valence electrons. The summed E-state index contributed by atoms with van der Waals surface area (Å²) in [5.74, 6) is 0.824. The average molecular weight is 376 g/mol. The van der Waals surface area contributed by atoms with Gasteiger partial charge in [-0.15, -0.1) is 11.3 Å². The van der Waals surface area contributed by atoms with E-state index in [1.807, 2.05) is 6.07 Å². The lowest BCUT2D eigenvalue weighted by Gasteiger charge is -2.34. The molecule has 1 fully saturated rings. The van der Waals surface area contributed by atoms with Crippen LogP contribution < -0.4 is 14.8 Å². The van der Waals surface area contributed by atoms with E-state index < -0.39 is 0 Å². The number of amides is 1. The fourth-order valence-electron chi connectivity index (χ4n) is 3.13. The molecule has 2 aromatic rings. The van der Waals surface area contributed by atoms with Crippen molar-refractivity contribution in [2.24, 2.45) is 0 Å². The highest BCUT2D eigenvalue weighted by atomic mass is 32.1. The van der Waals surface area contributed by atoms with Crippen LogP contribution in [0.4, 0.5) is 0 Å². The van der Waals surface area contributed by atoms with Crippen LogP contribution >= 0.6 is 11.3 Å². The monoisotopic (exact) mass is 376 g/mol. The van der Waals surface area contributed by atoms with Gasteiger partial charge in [-0.05, 0) is 23.6 Å². The van der Waals surface area contributed by atoms with Gasteiger partial charge in [0.15, 0.2) is 11.5 Å². The summed E-state index contributed by atoms with van der Waals surface area (Å²) in [7, 11) is 3.10. The van der Waals surface area contributed by atoms with Gasteiger partial charge in [-0.1, -0.05) is 12.1 Å². The first-order valence-electron chi connectivity index (χ1n) is 8.59. The normalized spacial score (nSPS) is 16.1. The zero-order valence-corrected chi connectivity index (χ0v) is 15.9. The van der Waals surface area contributed by atoms with Crippen molar-refractivity contribution < 1.29 is 19.0 Å². The van der Waals surface area contributed by atoms with Gasteiger partial charge in [-0.25, -0.2) is 0 Å². The first-order chi connectivity index (χ1) is 12.7. The van der Waals surface area contributed by atoms with Gasteiger partial charge >= 0.3 is 0 Å². The van der Waals surface area contributed by atoms with Crippen molar-refractivity contribution in [2.45, 2.75) is 6.04 Å². The van der Waals surface area contributed by atoms with E-state index in [2.05, 4.69) is 21.7 Å². The molecule has 0 bridgehead atoms. The van der Waals surface area contributed by atoms with E-state index in [4.69, 9.17) is 14.2 Å². The smallest absolute Gasteiger partial charge is 0.255 e. The van der Waals surface area contributed by atoms with Crippen molar-refractivity contribution in [1.29, 1.82) is 0 Å². The average Bonchev–Trinajstić information content (AvgIpc) is 3.22. The SMILES string of the molecule is COc1cccc(C(=O)NCC(c2cccs2)N2CCOCC2)c1OC. The van der Waals surface area contributed by atoms with Crippen molar-refractivity contribution in [3.8, 4) is 11.5 Å². The second-order valence-electron chi connectivity index (χ2n) is 5.93. The molecule has 1 aliphatic rings. The van der Waals surface area contributed by atoms with Crippen LogP contribution in [0.2, 0.25) is 0 Å². The minimum atomic E-state index is -0.171. The second-order valence-corrected chi connectivity index (χ2v) is 6.91. The van der Waals surface area contributed by atoms with E-state index in [0.29, 0.717) is 23.6 Å². The van der Waals surface area contributed by atoms with Gasteiger partial charge in [0.2, 0.25) is 0 Å². The standard InChI is InChI=1S/C19H24N2O4S/c1-23-16-6-3-5-14(18(16)24-2)19(22)20-13-15(17-7-4-12-26-17)21-8-10-25-11-9-21/h3-7,12,15H,8-11,13H2,1-2H3,(H,20,22). The van der Waals surface area contributed by atoms with Crippen LogP contribution in [0.5, 0.6) is 11.5 Å². The second kappa shape index (κ2) is 9.02. The zero-order chi connectivity index (χ0) is 18.4. The largest absolute Gasteiger partial charge is 0.493 e. The van der Waals surface area contributed by atoms with Crippen LogP contribution in [-0.4, -0.2) is 57.9 Å². The Morgan fingerprint density at radius 1 is 1.23 bits per heavy atom. The van der Waals surface area contributed by atoms with E-state index in [1.54, 1.807) is 36.6 Å². The molecule has 1 unspecified atom stereocenters. The first-order valence-corrected chi connectivity index (χ1v) is 9.47. The van der Waals surface area contributed by atoms with Crippen LogP contribution in [0.1, 0.15) is 21.3 Å². The number of hydrogen-bond donors (Lipinski definition) is 1. The number of carbonyl (C=O) groups is 1. The quantitative estimate of drug-likeness (QED) is 0.805. The maximum atomic E-state index is 12.8. The molecule has 1 aliphatic heterocycles. The Morgan fingerprint density at radius 3 is 2.69 bits per heavy atom. The van der Waals surface area contributed by atoms with Gasteiger partial charge in [0.25, 0.3) is 5.91 Å². The zero-order valence-electron chi connectivity index (χ0n) is 15.1. The van der Waals surface area contributed by atoms with E-state index >= 15 is 0 Å². The van der Waals surface area contributed by atoms with E-state index in [0.717, 1.165) is 26.3 Å². The predicted molar refractivity (Wildman–Crippen MR) is 101 cm³/mol. The molecule has 1 aromatic heterocycles. The Kier molecular flexibility index (Phi) is 6.49. The molecule has 7 heteroatoms. The molecule has 0 saturated carbocycles. The molecule has 1 N–H and O–H groups in total. The molecule has 2 heterocycles. The Bertz CT molecular complexity index is 714. The molecular weight excluding hydrogens is 352 g/mol. The van der Waals surface area contributed by atoms with Crippen molar-refractivity contribution in [3.63, 3.8) is 0 Å². The van der Waals surface area contributed by atoms with E-state index in [-0.39, 0.29) is 11.9 Å². The minimum absolute atomic E-state index is 0.138. The molecule has 1 amide bonds. The number of ether oxygens (including phenoxy) is 3. The molecule has 0 radical (unpaired) electrons. The number of thiophene rings is 1. The summed E-state index contributed by atoms with van der Waals surface area (Å²) >= 11 is 1.71. The fraction of sp³-hybridized carbons (Fsp3) is 0.421. The number of nitrogens with zero attached hydrogens (tertiary/aromatic N) is 1. The lowest BCUT2D eigenvalue weighted by atomic mass is 10.1. The summed E-state index contributed by atoms with van der Waals surface area (Å²) in [6, 6.07) is 9.60. The van der Waals surface area contributed by atoms with Crippen LogP contribution in [0.25, 0.3) is 0 Å². The molecule has 1 atom stereocenters. The minimum Gasteiger partial charge on any atom is -0.493 e. The van der Waals surface area contributed by atoms with Gasteiger partial charge in [-0.3, -0.25) is 9.69 Å². The number of hydrogen-bond acceptors (Lipinski definition) is 6. The predicted octanol–water partition coefficient (Wildman–Crippen LogP) is 2.57. The van der Waals surface area contributed by atoms with Crippen LogP contribution in [0.3, 0.4) is 0 Å². The summed E-state index contributed by atoms with van der Waals surface area (Å²) in [4.78, 5) is 16.4. The maximum absolute atomic E-state index is 12.8. The molecule has 1 aromatic carbocycles. The molecule has 3 rings (SSSR count). The Balaban J connectivity index is 1.74. The van der Waals surface area contributed by atoms with Crippen molar-refractivity contribution in [3.05, 3.63) is 46.2 Å². The number of benzene rings is 1. The fourth-order valence-corrected chi connectivity index (χ4v) is 3.99. The molecule has 0 aliphatic carbocycles. The topological polar surface area (TPSA) is 60.0 Å². The third kappa shape index (κ3) is 4.17. The van der Waals surface area contributed by atoms with Gasteiger partial charge in [0.05, 0.1) is 39.0 Å². The van der Waals surface area contributed by atoms with E-state index in [9.17, 15) is 4.79 Å². The van der Waals surface area contributed by atoms with Crippen LogP contribution in [-0.2, 0) is 4.74 Å². The third-order valence-corrected chi connectivity index (χ3v) is 5.44. The summed E-state index contributed by atoms with van der Waals surface area (Å²) in [6.07, 6.45) is 0. The van der Waals surface area contributed by atoms with Crippen molar-refractivity contribution in [1.82, 2.24) is 10.2 Å². The summed E-state index contributed by atoms with van der Waals surface area (Å²) in [5, 5.41) is 5.13. The lowest BCUT2D eigenvalue weighted by Crippen LogP contribution is -2.43. The summed E-state index contributed by atoms with van der Waals surface area (Å²) in [5.41, 5.74) is 0.471. The number of morpholine rings is 1. The summed E-state index contributed by atoms with van der Waals surface area (Å²) < 4.78 is 16.1. The maximum Gasteiger partial charge on any atom is 0.255 e. The molecule has 1 saturated heterocycles. The van der Waals surface area contributed by atoms with Crippen molar-refractivity contribution in [2.75, 3.05) is 47.1 Å². The van der Waals surface area contributed by atoms with Crippen molar-refractivity contribution >= 4 is 17.2 Å². The molecule has 0 spiro atoms.